The highest BCUT2D eigenvalue weighted by molar-refractivity contribution is 7.87. The average Bonchev–Trinajstić information content (AvgIpc) is 2.70. The fraction of sp³-hybridized carbons (Fsp3) is 0.0909. The summed E-state index contributed by atoms with van der Waals surface area (Å²) >= 11 is 0. The van der Waals surface area contributed by atoms with Crippen molar-refractivity contribution in [2.24, 2.45) is 5.10 Å². The maximum atomic E-state index is 12.6. The van der Waals surface area contributed by atoms with Crippen molar-refractivity contribution in [1.29, 1.82) is 0 Å². The standard InChI is InChI=1S/C22H20N2O4S/c1-17-9-5-8-14-21(17)29(26,27)28-20-13-7-6-12-19(20)16-23-24-22(25)15-18-10-3-2-4-11-18/h2-14,16H,15H2,1H3,(H,24,25). The highest BCUT2D eigenvalue weighted by Gasteiger charge is 2.20. The normalized spacial score (nSPS) is 11.3. The molecule has 29 heavy (non-hydrogen) atoms. The molecule has 0 aliphatic heterocycles. The fourth-order valence-corrected chi connectivity index (χ4v) is 3.84. The van der Waals surface area contributed by atoms with E-state index in [2.05, 4.69) is 10.5 Å². The fourth-order valence-electron chi connectivity index (χ4n) is 2.66. The van der Waals surface area contributed by atoms with Gasteiger partial charge in [0.25, 0.3) is 0 Å². The third-order valence-electron chi connectivity index (χ3n) is 4.08. The molecule has 0 saturated carbocycles. The SMILES string of the molecule is Cc1ccccc1S(=O)(=O)Oc1ccccc1C=NNC(=O)Cc1ccccc1. The molecule has 1 N–H and O–H groups in total. The molecule has 6 nitrogen and oxygen atoms in total. The average molecular weight is 408 g/mol. The number of hydrogen-bond acceptors (Lipinski definition) is 5. The van der Waals surface area contributed by atoms with Gasteiger partial charge in [0, 0.05) is 5.56 Å². The van der Waals surface area contributed by atoms with Crippen molar-refractivity contribution in [2.45, 2.75) is 18.2 Å². The predicted molar refractivity (Wildman–Crippen MR) is 111 cm³/mol. The number of nitrogens with zero attached hydrogens (tertiary/aromatic N) is 1. The van der Waals surface area contributed by atoms with Crippen LogP contribution >= 0.6 is 0 Å². The number of amides is 1. The van der Waals surface area contributed by atoms with Gasteiger partial charge < -0.3 is 4.18 Å². The van der Waals surface area contributed by atoms with Gasteiger partial charge in [-0.15, -0.1) is 0 Å². The Kier molecular flexibility index (Phi) is 6.41. The van der Waals surface area contributed by atoms with E-state index in [1.807, 2.05) is 30.3 Å². The zero-order chi connectivity index (χ0) is 20.7. The number of hydrogen-bond donors (Lipinski definition) is 1. The Bertz CT molecular complexity index is 1130. The van der Waals surface area contributed by atoms with E-state index in [1.165, 1.54) is 18.3 Å². The molecular weight excluding hydrogens is 388 g/mol. The lowest BCUT2D eigenvalue weighted by Crippen LogP contribution is -2.19. The van der Waals surface area contributed by atoms with Crippen LogP contribution < -0.4 is 9.61 Å². The number of aryl methyl sites for hydroxylation is 1. The molecule has 148 valence electrons. The van der Waals surface area contributed by atoms with E-state index in [1.54, 1.807) is 43.3 Å². The lowest BCUT2D eigenvalue weighted by atomic mass is 10.1. The molecule has 7 heteroatoms. The molecule has 0 heterocycles. The van der Waals surface area contributed by atoms with Gasteiger partial charge in [0.05, 0.1) is 12.6 Å². The Morgan fingerprint density at radius 2 is 1.62 bits per heavy atom. The van der Waals surface area contributed by atoms with Crippen LogP contribution in [0.3, 0.4) is 0 Å². The van der Waals surface area contributed by atoms with Crippen LogP contribution in [0, 0.1) is 6.92 Å². The zero-order valence-electron chi connectivity index (χ0n) is 15.8. The first-order valence-electron chi connectivity index (χ1n) is 8.91. The molecule has 3 rings (SSSR count). The van der Waals surface area contributed by atoms with Crippen LogP contribution in [0.4, 0.5) is 0 Å². The molecule has 0 aliphatic rings. The molecule has 3 aromatic rings. The van der Waals surface area contributed by atoms with Gasteiger partial charge in [-0.2, -0.15) is 13.5 Å². The van der Waals surface area contributed by atoms with Crippen molar-refractivity contribution in [3.8, 4) is 5.75 Å². The minimum Gasteiger partial charge on any atom is -0.378 e. The smallest absolute Gasteiger partial charge is 0.339 e. The van der Waals surface area contributed by atoms with Crippen LogP contribution in [0.25, 0.3) is 0 Å². The zero-order valence-corrected chi connectivity index (χ0v) is 16.6. The number of para-hydroxylation sites is 1. The maximum Gasteiger partial charge on any atom is 0.339 e. The quantitative estimate of drug-likeness (QED) is 0.369. The molecule has 0 bridgehead atoms. The first kappa shape index (κ1) is 20.3. The van der Waals surface area contributed by atoms with Gasteiger partial charge in [0.2, 0.25) is 5.91 Å². The summed E-state index contributed by atoms with van der Waals surface area (Å²) < 4.78 is 30.6. The molecule has 0 saturated heterocycles. The van der Waals surface area contributed by atoms with Crippen LogP contribution in [-0.4, -0.2) is 20.5 Å². The van der Waals surface area contributed by atoms with Gasteiger partial charge in [-0.25, -0.2) is 5.43 Å². The molecule has 0 aromatic heterocycles. The first-order valence-corrected chi connectivity index (χ1v) is 10.3. The number of rotatable bonds is 7. The molecule has 3 aromatic carbocycles. The number of carbonyl (C=O) groups excluding carboxylic acids is 1. The van der Waals surface area contributed by atoms with Crippen molar-refractivity contribution in [2.75, 3.05) is 0 Å². The number of benzene rings is 3. The molecule has 0 spiro atoms. The van der Waals surface area contributed by atoms with Gasteiger partial charge in [0.1, 0.15) is 4.90 Å². The van der Waals surface area contributed by atoms with E-state index in [-0.39, 0.29) is 23.0 Å². The lowest BCUT2D eigenvalue weighted by molar-refractivity contribution is -0.120. The van der Waals surface area contributed by atoms with E-state index in [9.17, 15) is 13.2 Å². The second-order valence-electron chi connectivity index (χ2n) is 6.30. The maximum absolute atomic E-state index is 12.6. The molecule has 0 fully saturated rings. The van der Waals surface area contributed by atoms with E-state index in [4.69, 9.17) is 4.18 Å². The number of hydrazone groups is 1. The van der Waals surface area contributed by atoms with Crippen LogP contribution in [-0.2, 0) is 21.3 Å². The summed E-state index contributed by atoms with van der Waals surface area (Å²) in [6.45, 7) is 1.70. The summed E-state index contributed by atoms with van der Waals surface area (Å²) in [7, 11) is -4.00. The third kappa shape index (κ3) is 5.52. The summed E-state index contributed by atoms with van der Waals surface area (Å²) in [6.07, 6.45) is 1.55. The monoisotopic (exact) mass is 408 g/mol. The Morgan fingerprint density at radius 1 is 0.966 bits per heavy atom. The first-order chi connectivity index (χ1) is 14.0. The summed E-state index contributed by atoms with van der Waals surface area (Å²) in [4.78, 5) is 12.1. The topological polar surface area (TPSA) is 84.8 Å². The van der Waals surface area contributed by atoms with Crippen molar-refractivity contribution in [1.82, 2.24) is 5.43 Å². The number of carbonyl (C=O) groups is 1. The highest BCUT2D eigenvalue weighted by atomic mass is 32.2. The van der Waals surface area contributed by atoms with Gasteiger partial charge >= 0.3 is 10.1 Å². The highest BCUT2D eigenvalue weighted by Crippen LogP contribution is 2.23. The minimum atomic E-state index is -4.00. The molecule has 1 amide bonds. The van der Waals surface area contributed by atoms with Crippen LogP contribution in [0.2, 0.25) is 0 Å². The van der Waals surface area contributed by atoms with Gasteiger partial charge in [0.15, 0.2) is 5.75 Å². The van der Waals surface area contributed by atoms with Crippen molar-refractivity contribution >= 4 is 22.2 Å². The lowest BCUT2D eigenvalue weighted by Gasteiger charge is -2.11. The predicted octanol–water partition coefficient (Wildman–Crippen LogP) is 3.46. The van der Waals surface area contributed by atoms with E-state index >= 15 is 0 Å². The Labute approximate surface area is 170 Å². The molecule has 0 unspecified atom stereocenters. The second kappa shape index (κ2) is 9.16. The van der Waals surface area contributed by atoms with E-state index < -0.39 is 10.1 Å². The molecule has 0 aliphatic carbocycles. The van der Waals surface area contributed by atoms with Crippen LogP contribution in [0.1, 0.15) is 16.7 Å². The van der Waals surface area contributed by atoms with Gasteiger partial charge in [-0.1, -0.05) is 60.7 Å². The summed E-state index contributed by atoms with van der Waals surface area (Å²) in [5, 5.41) is 3.92. The third-order valence-corrected chi connectivity index (χ3v) is 5.48. The van der Waals surface area contributed by atoms with E-state index in [0.29, 0.717) is 11.1 Å². The summed E-state index contributed by atoms with van der Waals surface area (Å²) in [5.41, 5.74) is 4.32. The van der Waals surface area contributed by atoms with Gasteiger partial charge in [-0.05, 0) is 36.2 Å². The second-order valence-corrected chi connectivity index (χ2v) is 7.81. The van der Waals surface area contributed by atoms with Crippen LogP contribution in [0.15, 0.2) is 88.9 Å². The Morgan fingerprint density at radius 3 is 2.38 bits per heavy atom. The minimum absolute atomic E-state index is 0.0999. The Hall–Kier alpha value is -3.45. The van der Waals surface area contributed by atoms with Crippen LogP contribution in [0.5, 0.6) is 5.75 Å². The van der Waals surface area contributed by atoms with Crippen molar-refractivity contribution in [3.63, 3.8) is 0 Å². The molecule has 0 atom stereocenters. The van der Waals surface area contributed by atoms with E-state index in [0.717, 1.165) is 5.56 Å². The largest absolute Gasteiger partial charge is 0.378 e. The van der Waals surface area contributed by atoms with Crippen molar-refractivity contribution < 1.29 is 17.4 Å². The summed E-state index contributed by atoms with van der Waals surface area (Å²) in [6, 6.07) is 22.4. The summed E-state index contributed by atoms with van der Waals surface area (Å²) in [5.74, 6) is -0.157. The Balaban J connectivity index is 1.71. The molecular formula is C22H20N2O4S. The number of nitrogens with one attached hydrogen (secondary N) is 1. The van der Waals surface area contributed by atoms with Crippen molar-refractivity contribution in [3.05, 3.63) is 95.6 Å². The van der Waals surface area contributed by atoms with Gasteiger partial charge in [-0.3, -0.25) is 4.79 Å². The molecule has 0 radical (unpaired) electrons.